The summed E-state index contributed by atoms with van der Waals surface area (Å²) in [6.45, 7) is 5.64. The van der Waals surface area contributed by atoms with Crippen LogP contribution in [-0.4, -0.2) is 34.8 Å². The summed E-state index contributed by atoms with van der Waals surface area (Å²) in [6, 6.07) is 5.03. The van der Waals surface area contributed by atoms with Gasteiger partial charge in [-0.1, -0.05) is 13.8 Å². The van der Waals surface area contributed by atoms with Gasteiger partial charge >= 0.3 is 6.09 Å². The van der Waals surface area contributed by atoms with Crippen molar-refractivity contribution in [2.75, 3.05) is 0 Å². The van der Waals surface area contributed by atoms with Gasteiger partial charge in [0.15, 0.2) is 5.78 Å². The van der Waals surface area contributed by atoms with Crippen molar-refractivity contribution in [1.82, 2.24) is 4.90 Å². The highest BCUT2D eigenvalue weighted by atomic mass is 19.1. The fourth-order valence-corrected chi connectivity index (χ4v) is 3.03. The quantitative estimate of drug-likeness (QED) is 0.746. The van der Waals surface area contributed by atoms with Crippen LogP contribution >= 0.6 is 0 Å². The molecule has 0 spiro atoms. The Morgan fingerprint density at radius 1 is 1.21 bits per heavy atom. The molecule has 0 bridgehead atoms. The predicted octanol–water partition coefficient (Wildman–Crippen LogP) is 3.57. The highest BCUT2D eigenvalue weighted by Gasteiger charge is 2.44. The molecule has 5 nitrogen and oxygen atoms in total. The Labute approximate surface area is 140 Å². The smallest absolute Gasteiger partial charge is 0.417 e. The number of benzene rings is 1. The molecule has 1 aromatic rings. The molecule has 0 saturated carbocycles. The van der Waals surface area contributed by atoms with Gasteiger partial charge < -0.3 is 4.74 Å². The van der Waals surface area contributed by atoms with Crippen molar-refractivity contribution in [3.05, 3.63) is 35.6 Å². The second-order valence-electron chi connectivity index (χ2n) is 6.37. The number of amides is 2. The SMILES string of the molecule is CC(C)[C@H]1C(C)OC(=O)N1C(=O)CCCC(=O)c1ccc(F)cc1. The third-order valence-corrected chi connectivity index (χ3v) is 4.17. The van der Waals surface area contributed by atoms with Crippen LogP contribution in [0.25, 0.3) is 0 Å². The van der Waals surface area contributed by atoms with Crippen molar-refractivity contribution in [2.45, 2.75) is 52.2 Å². The molecular weight excluding hydrogens is 313 g/mol. The van der Waals surface area contributed by atoms with E-state index >= 15 is 0 Å². The molecule has 0 radical (unpaired) electrons. The molecule has 2 atom stereocenters. The topological polar surface area (TPSA) is 63.7 Å². The zero-order chi connectivity index (χ0) is 17.9. The van der Waals surface area contributed by atoms with Crippen molar-refractivity contribution >= 4 is 17.8 Å². The highest BCUT2D eigenvalue weighted by molar-refractivity contribution is 5.97. The van der Waals surface area contributed by atoms with E-state index in [1.54, 1.807) is 6.92 Å². The van der Waals surface area contributed by atoms with Gasteiger partial charge in [-0.3, -0.25) is 9.59 Å². The highest BCUT2D eigenvalue weighted by Crippen LogP contribution is 2.26. The number of carbonyl (C=O) groups excluding carboxylic acids is 3. The van der Waals surface area contributed by atoms with Gasteiger partial charge in [-0.25, -0.2) is 14.1 Å². The van der Waals surface area contributed by atoms with Crippen LogP contribution in [-0.2, 0) is 9.53 Å². The lowest BCUT2D eigenvalue weighted by Gasteiger charge is -2.24. The Hall–Kier alpha value is -2.24. The van der Waals surface area contributed by atoms with Crippen molar-refractivity contribution in [2.24, 2.45) is 5.92 Å². The number of carbonyl (C=O) groups is 3. The van der Waals surface area contributed by atoms with E-state index < -0.39 is 11.9 Å². The predicted molar refractivity (Wildman–Crippen MR) is 86.0 cm³/mol. The Morgan fingerprint density at radius 2 is 1.83 bits per heavy atom. The normalized spacial score (nSPS) is 20.4. The van der Waals surface area contributed by atoms with Gasteiger partial charge in [0.05, 0.1) is 6.04 Å². The molecule has 1 heterocycles. The first kappa shape index (κ1) is 18.1. The second-order valence-corrected chi connectivity index (χ2v) is 6.37. The number of imide groups is 1. The molecule has 1 unspecified atom stereocenters. The first-order chi connectivity index (χ1) is 11.3. The van der Waals surface area contributed by atoms with E-state index in [-0.39, 0.29) is 42.6 Å². The van der Waals surface area contributed by atoms with Crippen LogP contribution in [0.2, 0.25) is 0 Å². The molecule has 0 N–H and O–H groups in total. The summed E-state index contributed by atoms with van der Waals surface area (Å²) in [5.74, 6) is -0.782. The molecule has 1 aromatic carbocycles. The van der Waals surface area contributed by atoms with Gasteiger partial charge in [0.1, 0.15) is 11.9 Å². The van der Waals surface area contributed by atoms with Gasteiger partial charge in [0, 0.05) is 18.4 Å². The van der Waals surface area contributed by atoms with Crippen LogP contribution in [0.5, 0.6) is 0 Å². The summed E-state index contributed by atoms with van der Waals surface area (Å²) in [7, 11) is 0. The lowest BCUT2D eigenvalue weighted by Crippen LogP contribution is -2.43. The van der Waals surface area contributed by atoms with E-state index in [9.17, 15) is 18.8 Å². The van der Waals surface area contributed by atoms with Gasteiger partial charge in [-0.15, -0.1) is 0 Å². The Kier molecular flexibility index (Phi) is 5.70. The van der Waals surface area contributed by atoms with E-state index in [1.165, 1.54) is 29.2 Å². The van der Waals surface area contributed by atoms with Crippen LogP contribution in [0.3, 0.4) is 0 Å². The minimum absolute atomic E-state index is 0.0937. The number of ketones is 1. The number of Topliss-reactive ketones (excluding diaryl/α,β-unsaturated/α-hetero) is 1. The molecule has 130 valence electrons. The monoisotopic (exact) mass is 335 g/mol. The molecule has 0 aromatic heterocycles. The van der Waals surface area contributed by atoms with E-state index in [1.807, 2.05) is 13.8 Å². The summed E-state index contributed by atoms with van der Waals surface area (Å²) in [6.07, 6.45) is -0.351. The summed E-state index contributed by atoms with van der Waals surface area (Å²) >= 11 is 0. The van der Waals surface area contributed by atoms with Crippen LogP contribution in [0.4, 0.5) is 9.18 Å². The number of rotatable bonds is 6. The molecule has 0 aliphatic carbocycles. The summed E-state index contributed by atoms with van der Waals surface area (Å²) in [5.41, 5.74) is 0.415. The molecule has 1 aliphatic rings. The lowest BCUT2D eigenvalue weighted by molar-refractivity contribution is -0.130. The van der Waals surface area contributed by atoms with Gasteiger partial charge in [-0.05, 0) is 43.5 Å². The number of hydrogen-bond acceptors (Lipinski definition) is 4. The average molecular weight is 335 g/mol. The number of cyclic esters (lactones) is 1. The van der Waals surface area contributed by atoms with Crippen LogP contribution in [0.15, 0.2) is 24.3 Å². The maximum absolute atomic E-state index is 12.8. The van der Waals surface area contributed by atoms with Crippen LogP contribution in [0, 0.1) is 11.7 Å². The zero-order valence-electron chi connectivity index (χ0n) is 14.1. The Bertz CT molecular complexity index is 626. The number of halogens is 1. The fraction of sp³-hybridized carbons (Fsp3) is 0.500. The molecule has 2 amide bonds. The molecule has 2 rings (SSSR count). The number of hydrogen-bond donors (Lipinski definition) is 0. The van der Waals surface area contributed by atoms with Crippen LogP contribution in [0.1, 0.15) is 50.4 Å². The molecule has 1 aliphatic heterocycles. The maximum atomic E-state index is 12.8. The van der Waals surface area contributed by atoms with Gasteiger partial charge in [-0.2, -0.15) is 0 Å². The van der Waals surface area contributed by atoms with E-state index in [2.05, 4.69) is 0 Å². The maximum Gasteiger partial charge on any atom is 0.417 e. The first-order valence-electron chi connectivity index (χ1n) is 8.12. The van der Waals surface area contributed by atoms with Gasteiger partial charge in [0.25, 0.3) is 0 Å². The van der Waals surface area contributed by atoms with Crippen molar-refractivity contribution in [3.63, 3.8) is 0 Å². The third kappa shape index (κ3) is 3.99. The Morgan fingerprint density at radius 3 is 2.42 bits per heavy atom. The van der Waals surface area contributed by atoms with Crippen molar-refractivity contribution in [1.29, 1.82) is 0 Å². The van der Waals surface area contributed by atoms with Crippen molar-refractivity contribution < 1.29 is 23.5 Å². The minimum Gasteiger partial charge on any atom is -0.444 e. The van der Waals surface area contributed by atoms with E-state index in [4.69, 9.17) is 4.74 Å². The van der Waals surface area contributed by atoms with Crippen molar-refractivity contribution in [3.8, 4) is 0 Å². The molecule has 1 fully saturated rings. The molecule has 6 heteroatoms. The summed E-state index contributed by atoms with van der Waals surface area (Å²) in [5, 5.41) is 0. The summed E-state index contributed by atoms with van der Waals surface area (Å²) < 4.78 is 18.0. The largest absolute Gasteiger partial charge is 0.444 e. The van der Waals surface area contributed by atoms with Gasteiger partial charge in [0.2, 0.25) is 5.91 Å². The number of nitrogens with zero attached hydrogens (tertiary/aromatic N) is 1. The van der Waals surface area contributed by atoms with E-state index in [0.717, 1.165) is 0 Å². The fourth-order valence-electron chi connectivity index (χ4n) is 3.03. The minimum atomic E-state index is -0.615. The molecule has 24 heavy (non-hydrogen) atoms. The third-order valence-electron chi connectivity index (χ3n) is 4.17. The standard InChI is InChI=1S/C18H22FNO4/c1-11(2)17-12(3)24-18(23)20(17)16(22)6-4-5-15(21)13-7-9-14(19)10-8-13/h7-12,17H,4-6H2,1-3H3/t12?,17-/m0/s1. The molecule has 1 saturated heterocycles. The lowest BCUT2D eigenvalue weighted by atomic mass is 9.98. The Balaban J connectivity index is 1.89. The second kappa shape index (κ2) is 7.55. The summed E-state index contributed by atoms with van der Waals surface area (Å²) in [4.78, 5) is 37.4. The van der Waals surface area contributed by atoms with Crippen LogP contribution < -0.4 is 0 Å². The first-order valence-corrected chi connectivity index (χ1v) is 8.12. The number of ether oxygens (including phenoxy) is 1. The molecular formula is C18H22FNO4. The zero-order valence-corrected chi connectivity index (χ0v) is 14.1. The van der Waals surface area contributed by atoms with E-state index in [0.29, 0.717) is 12.0 Å². The average Bonchev–Trinajstić information content (AvgIpc) is 2.82.